The maximum atomic E-state index is 5.30. The molecular weight excluding hydrogens is 204 g/mol. The summed E-state index contributed by atoms with van der Waals surface area (Å²) in [5, 5.41) is 11.0. The molecule has 0 amide bonds. The van der Waals surface area contributed by atoms with Gasteiger partial charge in [-0.3, -0.25) is 5.10 Å². The monoisotopic (exact) mass is 214 g/mol. The predicted molar refractivity (Wildman–Crippen MR) is 59.9 cm³/mol. The largest absolute Gasteiger partial charge is 0.464 e. The molecular formula is C11H10N4O. The van der Waals surface area contributed by atoms with E-state index < -0.39 is 0 Å². The number of furan rings is 1. The number of rotatable bonds is 3. The number of aromatic nitrogens is 3. The fourth-order valence-corrected chi connectivity index (χ4v) is 1.60. The summed E-state index contributed by atoms with van der Waals surface area (Å²) in [5.74, 6) is 0.820. The van der Waals surface area contributed by atoms with Gasteiger partial charge in [-0.15, -0.1) is 0 Å². The summed E-state index contributed by atoms with van der Waals surface area (Å²) < 4.78 is 5.30. The van der Waals surface area contributed by atoms with E-state index in [2.05, 4.69) is 20.5 Å². The first-order valence-corrected chi connectivity index (χ1v) is 4.98. The lowest BCUT2D eigenvalue weighted by Crippen LogP contribution is -2.01. The lowest BCUT2D eigenvalue weighted by atomic mass is 10.3. The summed E-state index contributed by atoms with van der Waals surface area (Å²) in [6, 6.07) is 5.66. The van der Waals surface area contributed by atoms with E-state index in [-0.39, 0.29) is 0 Å². The molecule has 5 nitrogen and oxygen atoms in total. The smallest absolute Gasteiger partial charge is 0.139 e. The molecule has 0 bridgehead atoms. The van der Waals surface area contributed by atoms with Crippen molar-refractivity contribution >= 4 is 16.8 Å². The molecule has 0 saturated carbocycles. The predicted octanol–water partition coefficient (Wildman–Crippen LogP) is 2.16. The Hall–Kier alpha value is -2.30. The Morgan fingerprint density at radius 1 is 1.25 bits per heavy atom. The number of nitrogens with zero attached hydrogens (tertiary/aromatic N) is 2. The molecule has 0 fully saturated rings. The molecule has 0 aromatic carbocycles. The van der Waals surface area contributed by atoms with Gasteiger partial charge in [0.25, 0.3) is 0 Å². The first-order valence-electron chi connectivity index (χ1n) is 4.98. The second kappa shape index (κ2) is 3.69. The molecule has 0 unspecified atom stereocenters. The molecule has 2 N–H and O–H groups in total. The van der Waals surface area contributed by atoms with Crippen LogP contribution in [0.15, 0.2) is 41.3 Å². The number of anilines is 1. The van der Waals surface area contributed by atoms with E-state index in [0.29, 0.717) is 6.54 Å². The van der Waals surface area contributed by atoms with Crippen molar-refractivity contribution in [3.05, 3.63) is 42.5 Å². The van der Waals surface area contributed by atoms with Crippen LogP contribution in [-0.2, 0) is 6.54 Å². The van der Waals surface area contributed by atoms with Crippen LogP contribution in [0.2, 0.25) is 0 Å². The summed E-state index contributed by atoms with van der Waals surface area (Å²) in [4.78, 5) is 4.27. The Morgan fingerprint density at radius 3 is 3.12 bits per heavy atom. The number of H-pyrrole nitrogens is 1. The summed E-state index contributed by atoms with van der Waals surface area (Å²) in [6.07, 6.45) is 5.11. The van der Waals surface area contributed by atoms with E-state index in [1.165, 1.54) is 0 Å². The molecule has 0 atom stereocenters. The van der Waals surface area contributed by atoms with E-state index in [9.17, 15) is 0 Å². The van der Waals surface area contributed by atoms with Crippen LogP contribution in [-0.4, -0.2) is 15.2 Å². The van der Waals surface area contributed by atoms with Gasteiger partial charge in [0, 0.05) is 12.4 Å². The molecule has 0 saturated heterocycles. The fourth-order valence-electron chi connectivity index (χ4n) is 1.60. The van der Waals surface area contributed by atoms with Crippen LogP contribution >= 0.6 is 0 Å². The zero-order valence-electron chi connectivity index (χ0n) is 8.47. The minimum atomic E-state index is 0.664. The molecule has 0 aliphatic rings. The van der Waals surface area contributed by atoms with E-state index in [0.717, 1.165) is 22.5 Å². The average molecular weight is 214 g/mol. The van der Waals surface area contributed by atoms with Crippen molar-refractivity contribution < 1.29 is 4.42 Å². The van der Waals surface area contributed by atoms with Crippen molar-refractivity contribution in [2.75, 3.05) is 5.32 Å². The summed E-state index contributed by atoms with van der Waals surface area (Å²) >= 11 is 0. The molecule has 80 valence electrons. The van der Waals surface area contributed by atoms with E-state index in [4.69, 9.17) is 4.42 Å². The Morgan fingerprint density at radius 2 is 2.25 bits per heavy atom. The van der Waals surface area contributed by atoms with Crippen LogP contribution in [0.3, 0.4) is 0 Å². The second-order valence-corrected chi connectivity index (χ2v) is 3.43. The normalized spacial score (nSPS) is 10.8. The fraction of sp³-hybridized carbons (Fsp3) is 0.0909. The third-order valence-corrected chi connectivity index (χ3v) is 2.38. The van der Waals surface area contributed by atoms with Crippen molar-refractivity contribution in [3.8, 4) is 0 Å². The highest BCUT2D eigenvalue weighted by Crippen LogP contribution is 2.21. The van der Waals surface area contributed by atoms with Crippen molar-refractivity contribution in [2.45, 2.75) is 6.54 Å². The molecule has 3 heterocycles. The lowest BCUT2D eigenvalue weighted by Gasteiger charge is -2.04. The highest BCUT2D eigenvalue weighted by atomic mass is 16.3. The minimum absolute atomic E-state index is 0.664. The van der Waals surface area contributed by atoms with Gasteiger partial charge >= 0.3 is 0 Å². The minimum Gasteiger partial charge on any atom is -0.464 e. The molecule has 0 aliphatic heterocycles. The quantitative estimate of drug-likeness (QED) is 0.701. The molecule has 3 rings (SSSR count). The zero-order chi connectivity index (χ0) is 10.8. The number of nitrogens with one attached hydrogen (secondary N) is 2. The average Bonchev–Trinajstić information content (AvgIpc) is 2.97. The van der Waals surface area contributed by atoms with Crippen molar-refractivity contribution in [1.82, 2.24) is 15.2 Å². The highest BCUT2D eigenvalue weighted by Gasteiger charge is 2.04. The van der Waals surface area contributed by atoms with Crippen LogP contribution < -0.4 is 5.32 Å². The topological polar surface area (TPSA) is 66.7 Å². The zero-order valence-corrected chi connectivity index (χ0v) is 8.47. The molecule has 0 spiro atoms. The number of pyridine rings is 1. The molecule has 16 heavy (non-hydrogen) atoms. The van der Waals surface area contributed by atoms with Crippen molar-refractivity contribution in [1.29, 1.82) is 0 Å². The van der Waals surface area contributed by atoms with Gasteiger partial charge in [-0.25, -0.2) is 4.98 Å². The third kappa shape index (κ3) is 1.52. The van der Waals surface area contributed by atoms with Crippen LogP contribution in [0.25, 0.3) is 11.0 Å². The Bertz CT molecular complexity index is 585. The Labute approximate surface area is 91.5 Å². The maximum Gasteiger partial charge on any atom is 0.139 e. The van der Waals surface area contributed by atoms with Crippen LogP contribution in [0.1, 0.15) is 5.69 Å². The third-order valence-electron chi connectivity index (χ3n) is 2.38. The van der Waals surface area contributed by atoms with Gasteiger partial charge in [-0.2, -0.15) is 5.10 Å². The molecule has 3 aromatic rings. The van der Waals surface area contributed by atoms with Crippen LogP contribution in [0.4, 0.5) is 5.82 Å². The maximum absolute atomic E-state index is 5.30. The van der Waals surface area contributed by atoms with E-state index in [1.54, 1.807) is 18.7 Å². The molecule has 0 radical (unpaired) electrons. The molecule has 0 aliphatic carbocycles. The summed E-state index contributed by atoms with van der Waals surface area (Å²) in [6.45, 7) is 0.664. The van der Waals surface area contributed by atoms with Crippen molar-refractivity contribution in [2.24, 2.45) is 0 Å². The lowest BCUT2D eigenvalue weighted by molar-refractivity contribution is 0.615. The highest BCUT2D eigenvalue weighted by molar-refractivity contribution is 5.87. The first-order chi connectivity index (χ1) is 7.93. The van der Waals surface area contributed by atoms with Crippen molar-refractivity contribution in [3.63, 3.8) is 0 Å². The van der Waals surface area contributed by atoms with Gasteiger partial charge in [0.05, 0.1) is 23.9 Å². The van der Waals surface area contributed by atoms with Gasteiger partial charge in [0.15, 0.2) is 0 Å². The SMILES string of the molecule is c1cc(CNc2nccc3occc23)[nH]n1. The van der Waals surface area contributed by atoms with E-state index in [1.807, 2.05) is 18.2 Å². The van der Waals surface area contributed by atoms with Crippen LogP contribution in [0, 0.1) is 0 Å². The number of hydrogen-bond acceptors (Lipinski definition) is 4. The summed E-state index contributed by atoms with van der Waals surface area (Å²) in [5.41, 5.74) is 1.85. The van der Waals surface area contributed by atoms with Gasteiger partial charge < -0.3 is 9.73 Å². The molecule has 3 aromatic heterocycles. The number of hydrogen-bond donors (Lipinski definition) is 2. The Kier molecular flexibility index (Phi) is 2.07. The van der Waals surface area contributed by atoms with Gasteiger partial charge in [0.1, 0.15) is 11.4 Å². The first kappa shape index (κ1) is 8.96. The molecule has 5 heteroatoms. The summed E-state index contributed by atoms with van der Waals surface area (Å²) in [7, 11) is 0. The number of aromatic amines is 1. The second-order valence-electron chi connectivity index (χ2n) is 3.43. The van der Waals surface area contributed by atoms with Gasteiger partial charge in [-0.05, 0) is 18.2 Å². The van der Waals surface area contributed by atoms with Crippen LogP contribution in [0.5, 0.6) is 0 Å². The van der Waals surface area contributed by atoms with Gasteiger partial charge in [0.2, 0.25) is 0 Å². The Balaban J connectivity index is 1.86. The number of fused-ring (bicyclic) bond motifs is 1. The van der Waals surface area contributed by atoms with Gasteiger partial charge in [-0.1, -0.05) is 0 Å². The standard InChI is InChI=1S/C11H10N4O/c1-5-14-15-8(1)7-13-11-9-3-6-16-10(9)2-4-12-11/h1-6H,7H2,(H,12,13)(H,14,15). The van der Waals surface area contributed by atoms with E-state index >= 15 is 0 Å².